The number of benzene rings is 1. The summed E-state index contributed by atoms with van der Waals surface area (Å²) < 4.78 is 0. The van der Waals surface area contributed by atoms with Crippen LogP contribution in [0.5, 0.6) is 0 Å². The topological polar surface area (TPSA) is 15.3 Å². The van der Waals surface area contributed by atoms with Crippen molar-refractivity contribution in [3.05, 3.63) is 100 Å². The first-order valence-corrected chi connectivity index (χ1v) is 12.1. The largest absolute Gasteiger partial charge is 0.386 e. The summed E-state index contributed by atoms with van der Waals surface area (Å²) >= 11 is 0. The minimum atomic E-state index is 0.492. The first-order valence-electron chi connectivity index (χ1n) is 12.1. The smallest absolute Gasteiger partial charge is 0.0432 e. The van der Waals surface area contributed by atoms with Gasteiger partial charge in [0.15, 0.2) is 0 Å². The molecule has 0 radical (unpaired) electrons. The Hall–Kier alpha value is -2.74. The van der Waals surface area contributed by atoms with Gasteiger partial charge >= 0.3 is 0 Å². The van der Waals surface area contributed by atoms with Crippen LogP contribution < -0.4 is 5.32 Å². The van der Waals surface area contributed by atoms with Crippen LogP contribution in [0.25, 0.3) is 6.08 Å². The normalized spacial score (nSPS) is 16.9. The Kier molecular flexibility index (Phi) is 8.39. The molecule has 2 heteroatoms. The number of nitrogens with zero attached hydrogens (tertiary/aromatic N) is 1. The van der Waals surface area contributed by atoms with Crippen LogP contribution in [0.1, 0.15) is 64.5 Å². The molecule has 1 aromatic carbocycles. The highest BCUT2D eigenvalue weighted by atomic mass is 15.1. The molecule has 0 aromatic heterocycles. The minimum Gasteiger partial charge on any atom is -0.386 e. The van der Waals surface area contributed by atoms with E-state index in [9.17, 15) is 0 Å². The highest BCUT2D eigenvalue weighted by Gasteiger charge is 2.21. The number of allylic oxidation sites excluding steroid dienone is 9. The average Bonchev–Trinajstić information content (AvgIpc) is 2.78. The van der Waals surface area contributed by atoms with E-state index < -0.39 is 0 Å². The van der Waals surface area contributed by atoms with E-state index in [4.69, 9.17) is 0 Å². The molecular weight excluding hydrogens is 388 g/mol. The van der Waals surface area contributed by atoms with Crippen molar-refractivity contribution in [2.75, 3.05) is 7.05 Å². The molecule has 0 saturated carbocycles. The lowest BCUT2D eigenvalue weighted by molar-refractivity contribution is 0.407. The Morgan fingerprint density at radius 1 is 1.00 bits per heavy atom. The molecule has 3 rings (SSSR count). The fourth-order valence-corrected chi connectivity index (χ4v) is 4.67. The number of nitrogens with one attached hydrogen (secondary N) is 1. The van der Waals surface area contributed by atoms with Crippen LogP contribution in [0, 0.1) is 5.92 Å². The van der Waals surface area contributed by atoms with Gasteiger partial charge < -0.3 is 10.2 Å². The van der Waals surface area contributed by atoms with Crippen LogP contribution in [0.15, 0.2) is 89.3 Å². The maximum Gasteiger partial charge on any atom is 0.0432 e. The van der Waals surface area contributed by atoms with Gasteiger partial charge in [0.2, 0.25) is 0 Å². The van der Waals surface area contributed by atoms with Crippen LogP contribution >= 0.6 is 0 Å². The second-order valence-corrected chi connectivity index (χ2v) is 9.57. The van der Waals surface area contributed by atoms with Gasteiger partial charge in [-0.05, 0) is 85.4 Å². The van der Waals surface area contributed by atoms with Gasteiger partial charge in [-0.15, -0.1) is 0 Å². The van der Waals surface area contributed by atoms with Crippen LogP contribution in [-0.2, 0) is 6.54 Å². The van der Waals surface area contributed by atoms with E-state index in [1.807, 2.05) is 12.2 Å². The van der Waals surface area contributed by atoms with Crippen molar-refractivity contribution in [3.63, 3.8) is 0 Å². The van der Waals surface area contributed by atoms with E-state index in [1.54, 1.807) is 5.57 Å². The van der Waals surface area contributed by atoms with Crippen LogP contribution in [-0.4, -0.2) is 18.0 Å². The van der Waals surface area contributed by atoms with Gasteiger partial charge in [0, 0.05) is 31.0 Å². The molecule has 2 nitrogen and oxygen atoms in total. The molecule has 0 fully saturated rings. The van der Waals surface area contributed by atoms with Crippen molar-refractivity contribution in [2.24, 2.45) is 5.92 Å². The molecule has 0 heterocycles. The highest BCUT2D eigenvalue weighted by Crippen LogP contribution is 2.36. The SMILES string of the molecule is C=C/C=C\c1ccccc1CN(C)C1=C(C(C)C)CCC(C2=CC=C(NC(C)C)CC2)=C1. The van der Waals surface area contributed by atoms with E-state index in [0.717, 1.165) is 32.2 Å². The van der Waals surface area contributed by atoms with Gasteiger partial charge in [-0.3, -0.25) is 0 Å². The Labute approximate surface area is 195 Å². The Balaban J connectivity index is 1.87. The molecular formula is C30H40N2. The molecule has 0 atom stereocenters. The first-order chi connectivity index (χ1) is 15.4. The first kappa shape index (κ1) is 23.9. The molecule has 1 N–H and O–H groups in total. The predicted molar refractivity (Wildman–Crippen MR) is 140 cm³/mol. The van der Waals surface area contributed by atoms with Crippen molar-refractivity contribution in [2.45, 2.75) is 66.0 Å². The molecule has 0 unspecified atom stereocenters. The zero-order valence-corrected chi connectivity index (χ0v) is 20.6. The summed E-state index contributed by atoms with van der Waals surface area (Å²) in [5.41, 5.74) is 9.95. The quantitative estimate of drug-likeness (QED) is 0.408. The number of rotatable bonds is 9. The molecule has 2 aliphatic rings. The molecule has 0 saturated heterocycles. The van der Waals surface area contributed by atoms with Crippen LogP contribution in [0.4, 0.5) is 0 Å². The lowest BCUT2D eigenvalue weighted by Crippen LogP contribution is -2.23. The second-order valence-electron chi connectivity index (χ2n) is 9.57. The van der Waals surface area contributed by atoms with Gasteiger partial charge in [-0.2, -0.15) is 0 Å². The Morgan fingerprint density at radius 2 is 1.75 bits per heavy atom. The summed E-state index contributed by atoms with van der Waals surface area (Å²) in [5, 5.41) is 3.57. The van der Waals surface area contributed by atoms with Crippen molar-refractivity contribution < 1.29 is 0 Å². The molecule has 2 aliphatic carbocycles. The maximum atomic E-state index is 3.81. The highest BCUT2D eigenvalue weighted by molar-refractivity contribution is 5.55. The summed E-state index contributed by atoms with van der Waals surface area (Å²) in [4.78, 5) is 2.44. The standard InChI is InChI=1S/C30H40N2/c1-7-8-11-24-12-9-10-13-27(24)21-32(6)30-20-26(16-19-29(30)22(2)3)25-14-17-28(18-15-25)31-23(4)5/h7-14,17,20,22-23,31H,1,15-16,18-19,21H2,2-6H3/b11-8-. The third-order valence-corrected chi connectivity index (χ3v) is 6.32. The number of likely N-dealkylation sites (N-methyl/N-ethyl adjacent to an activating group) is 1. The summed E-state index contributed by atoms with van der Waals surface area (Å²) in [5.74, 6) is 0.559. The zero-order chi connectivity index (χ0) is 23.1. The number of hydrogen-bond acceptors (Lipinski definition) is 2. The Morgan fingerprint density at radius 3 is 2.41 bits per heavy atom. The van der Waals surface area contributed by atoms with E-state index in [2.05, 4.69) is 100 Å². The predicted octanol–water partition coefficient (Wildman–Crippen LogP) is 7.55. The van der Waals surface area contributed by atoms with Crippen LogP contribution in [0.3, 0.4) is 0 Å². The molecule has 0 spiro atoms. The van der Waals surface area contributed by atoms with E-state index in [1.165, 1.54) is 33.7 Å². The van der Waals surface area contributed by atoms with E-state index in [-0.39, 0.29) is 0 Å². The van der Waals surface area contributed by atoms with Crippen molar-refractivity contribution in [1.29, 1.82) is 0 Å². The lowest BCUT2D eigenvalue weighted by Gasteiger charge is -2.31. The zero-order valence-electron chi connectivity index (χ0n) is 20.6. The van der Waals surface area contributed by atoms with Gasteiger partial charge in [-0.1, -0.05) is 69.0 Å². The van der Waals surface area contributed by atoms with Gasteiger partial charge in [-0.25, -0.2) is 0 Å². The fourth-order valence-electron chi connectivity index (χ4n) is 4.67. The molecule has 0 aliphatic heterocycles. The maximum absolute atomic E-state index is 3.81. The van der Waals surface area contributed by atoms with Gasteiger partial charge in [0.05, 0.1) is 0 Å². The molecule has 0 bridgehead atoms. The summed E-state index contributed by atoms with van der Waals surface area (Å²) in [7, 11) is 2.24. The lowest BCUT2D eigenvalue weighted by atomic mass is 9.83. The monoisotopic (exact) mass is 428 g/mol. The Bertz CT molecular complexity index is 966. The van der Waals surface area contributed by atoms with Crippen molar-refractivity contribution in [3.8, 4) is 0 Å². The third-order valence-electron chi connectivity index (χ3n) is 6.32. The average molecular weight is 429 g/mol. The third kappa shape index (κ3) is 6.16. The van der Waals surface area contributed by atoms with Crippen molar-refractivity contribution in [1.82, 2.24) is 10.2 Å². The molecule has 1 aromatic rings. The summed E-state index contributed by atoms with van der Waals surface area (Å²) in [6.07, 6.45) is 17.6. The number of hydrogen-bond donors (Lipinski definition) is 1. The molecule has 32 heavy (non-hydrogen) atoms. The van der Waals surface area contributed by atoms with Gasteiger partial charge in [0.1, 0.15) is 0 Å². The molecule has 0 amide bonds. The van der Waals surface area contributed by atoms with Crippen LogP contribution in [0.2, 0.25) is 0 Å². The van der Waals surface area contributed by atoms with Gasteiger partial charge in [0.25, 0.3) is 0 Å². The second kappa shape index (κ2) is 11.2. The minimum absolute atomic E-state index is 0.492. The summed E-state index contributed by atoms with van der Waals surface area (Å²) in [6.45, 7) is 13.8. The van der Waals surface area contributed by atoms with E-state index in [0.29, 0.717) is 12.0 Å². The molecule has 170 valence electrons. The van der Waals surface area contributed by atoms with Crippen molar-refractivity contribution >= 4 is 6.08 Å². The van der Waals surface area contributed by atoms with E-state index >= 15 is 0 Å². The fraction of sp³-hybridized carbons (Fsp3) is 0.400. The summed E-state index contributed by atoms with van der Waals surface area (Å²) in [6, 6.07) is 9.15.